The molecule has 1 nitrogen and oxygen atoms in total. The lowest BCUT2D eigenvalue weighted by Gasteiger charge is -2.23. The van der Waals surface area contributed by atoms with Crippen molar-refractivity contribution in [3.05, 3.63) is 0 Å². The number of hydrogen-bond donors (Lipinski definition) is 1. The molecule has 0 aromatic rings. The monoisotopic (exact) mass is 153 g/mol. The van der Waals surface area contributed by atoms with Gasteiger partial charge in [-0.3, -0.25) is 0 Å². The molecule has 0 unspecified atom stereocenters. The molecule has 1 fully saturated rings. The van der Waals surface area contributed by atoms with E-state index in [2.05, 4.69) is 19.1 Å². The molecule has 0 saturated heterocycles. The van der Waals surface area contributed by atoms with Gasteiger partial charge < -0.3 is 5.23 Å². The maximum absolute atomic E-state index is 3.62. The van der Waals surface area contributed by atoms with Crippen molar-refractivity contribution < 1.29 is 0 Å². The van der Waals surface area contributed by atoms with Crippen LogP contribution >= 0.6 is 0 Å². The molecule has 0 spiro atoms. The Hall–Kier alpha value is 0.0249. The van der Waals surface area contributed by atoms with Crippen LogP contribution in [0.15, 0.2) is 0 Å². The highest BCUT2D eigenvalue weighted by Crippen LogP contribution is 2.17. The van der Waals surface area contributed by atoms with Crippen molar-refractivity contribution in [2.45, 2.75) is 57.8 Å². The lowest BCUT2D eigenvalue weighted by atomic mass is 9.76. The van der Waals surface area contributed by atoms with E-state index in [9.17, 15) is 0 Å². The van der Waals surface area contributed by atoms with Crippen molar-refractivity contribution in [2.75, 3.05) is 0 Å². The van der Waals surface area contributed by atoms with Crippen LogP contribution in [-0.2, 0) is 0 Å². The van der Waals surface area contributed by atoms with Gasteiger partial charge in [-0.2, -0.15) is 0 Å². The Kier molecular flexibility index (Phi) is 3.99. The van der Waals surface area contributed by atoms with Crippen LogP contribution in [-0.4, -0.2) is 13.5 Å². The van der Waals surface area contributed by atoms with Gasteiger partial charge in [0.05, 0.1) is 0 Å². The summed E-state index contributed by atoms with van der Waals surface area (Å²) < 4.78 is 0. The van der Waals surface area contributed by atoms with E-state index < -0.39 is 0 Å². The summed E-state index contributed by atoms with van der Waals surface area (Å²) in [6.45, 7) is 4.55. The van der Waals surface area contributed by atoms with Gasteiger partial charge in [-0.05, 0) is 18.9 Å². The lowest BCUT2D eigenvalue weighted by molar-refractivity contribution is 0.417. The van der Waals surface area contributed by atoms with E-state index in [0.717, 1.165) is 11.9 Å². The zero-order valence-electron chi connectivity index (χ0n) is 7.90. The van der Waals surface area contributed by atoms with Crippen LogP contribution in [0.5, 0.6) is 0 Å². The van der Waals surface area contributed by atoms with Gasteiger partial charge in [0.25, 0.3) is 0 Å². The summed E-state index contributed by atoms with van der Waals surface area (Å²) in [6, 6.07) is 0.839. The number of rotatable bonds is 3. The van der Waals surface area contributed by atoms with Crippen molar-refractivity contribution in [3.63, 3.8) is 0 Å². The van der Waals surface area contributed by atoms with Crippen molar-refractivity contribution in [1.29, 1.82) is 0 Å². The van der Waals surface area contributed by atoms with Gasteiger partial charge in [0.1, 0.15) is 0 Å². The minimum Gasteiger partial charge on any atom is -0.356 e. The van der Waals surface area contributed by atoms with E-state index in [1.807, 2.05) is 0 Å². The Morgan fingerprint density at radius 2 is 1.82 bits per heavy atom. The molecule has 0 aliphatic heterocycles. The van der Waals surface area contributed by atoms with Gasteiger partial charge in [0.15, 0.2) is 0 Å². The molecule has 0 aromatic carbocycles. The highest BCUT2D eigenvalue weighted by Gasteiger charge is 2.12. The van der Waals surface area contributed by atoms with E-state index in [4.69, 9.17) is 0 Å². The molecule has 1 aliphatic carbocycles. The summed E-state index contributed by atoms with van der Waals surface area (Å²) >= 11 is 0. The minimum atomic E-state index is 0.803. The molecule has 0 bridgehead atoms. The predicted molar refractivity (Wildman–Crippen MR) is 52.3 cm³/mol. The van der Waals surface area contributed by atoms with Crippen LogP contribution in [0, 0.1) is 0 Å². The van der Waals surface area contributed by atoms with Crippen molar-refractivity contribution >= 4 is 7.41 Å². The van der Waals surface area contributed by atoms with Gasteiger partial charge in [0, 0.05) is 0 Å². The Morgan fingerprint density at radius 3 is 2.36 bits per heavy atom. The minimum absolute atomic E-state index is 0.803. The van der Waals surface area contributed by atoms with Gasteiger partial charge in [-0.25, -0.2) is 0 Å². The van der Waals surface area contributed by atoms with Crippen LogP contribution in [0.4, 0.5) is 0 Å². The molecule has 0 amide bonds. The molecule has 0 atom stereocenters. The van der Waals surface area contributed by atoms with E-state index in [1.54, 1.807) is 0 Å². The lowest BCUT2D eigenvalue weighted by Crippen LogP contribution is -2.34. The zero-order valence-corrected chi connectivity index (χ0v) is 7.90. The molecule has 2 heteroatoms. The highest BCUT2D eigenvalue weighted by atomic mass is 14.8. The van der Waals surface area contributed by atoms with E-state index in [1.165, 1.54) is 39.5 Å². The Balaban J connectivity index is 2.05. The SMILES string of the molecule is CC(C)BNC1CCCCC1. The molecule has 0 heterocycles. The second-order valence-electron chi connectivity index (χ2n) is 4.14. The van der Waals surface area contributed by atoms with Crippen LogP contribution in [0.2, 0.25) is 5.82 Å². The van der Waals surface area contributed by atoms with Crippen LogP contribution in [0.3, 0.4) is 0 Å². The average molecular weight is 153 g/mol. The number of nitrogens with one attached hydrogen (secondary N) is 1. The molecule has 0 radical (unpaired) electrons. The zero-order chi connectivity index (χ0) is 8.10. The normalized spacial score (nSPS) is 20.6. The standard InChI is InChI=1S/C9H20BN/c1-8(2)10-11-9-6-4-3-5-7-9/h8-11H,3-7H2,1-2H3. The molecular formula is C9H20BN. The number of hydrogen-bond acceptors (Lipinski definition) is 1. The van der Waals surface area contributed by atoms with E-state index in [0.29, 0.717) is 0 Å². The fourth-order valence-corrected chi connectivity index (χ4v) is 1.71. The first-order chi connectivity index (χ1) is 5.29. The van der Waals surface area contributed by atoms with Gasteiger partial charge >= 0.3 is 0 Å². The fourth-order valence-electron chi connectivity index (χ4n) is 1.71. The van der Waals surface area contributed by atoms with Crippen LogP contribution in [0.25, 0.3) is 0 Å². The Bertz CT molecular complexity index is 97.7. The van der Waals surface area contributed by atoms with E-state index >= 15 is 0 Å². The smallest absolute Gasteiger partial charge is 0.204 e. The summed E-state index contributed by atoms with van der Waals surface area (Å²) in [5.41, 5.74) is 0. The molecule has 0 aromatic heterocycles. The van der Waals surface area contributed by atoms with Gasteiger partial charge in [-0.1, -0.05) is 38.9 Å². The summed E-state index contributed by atoms with van der Waals surface area (Å²) in [4.78, 5) is 0. The molecular weight excluding hydrogens is 133 g/mol. The van der Waals surface area contributed by atoms with Crippen LogP contribution in [0.1, 0.15) is 46.0 Å². The fraction of sp³-hybridized carbons (Fsp3) is 1.00. The summed E-state index contributed by atoms with van der Waals surface area (Å²) in [5, 5.41) is 3.62. The van der Waals surface area contributed by atoms with E-state index in [-0.39, 0.29) is 0 Å². The Labute approximate surface area is 71.2 Å². The third-order valence-electron chi connectivity index (χ3n) is 2.42. The highest BCUT2D eigenvalue weighted by molar-refractivity contribution is 6.34. The third kappa shape index (κ3) is 3.81. The van der Waals surface area contributed by atoms with Crippen molar-refractivity contribution in [2.24, 2.45) is 0 Å². The first-order valence-electron chi connectivity index (χ1n) is 5.02. The molecule has 11 heavy (non-hydrogen) atoms. The first kappa shape index (κ1) is 9.12. The molecule has 64 valence electrons. The second kappa shape index (κ2) is 4.81. The Morgan fingerprint density at radius 1 is 1.18 bits per heavy atom. The maximum atomic E-state index is 3.62. The molecule has 1 saturated carbocycles. The van der Waals surface area contributed by atoms with Crippen molar-refractivity contribution in [3.8, 4) is 0 Å². The van der Waals surface area contributed by atoms with Gasteiger partial charge in [0.2, 0.25) is 7.41 Å². The second-order valence-corrected chi connectivity index (χ2v) is 4.14. The summed E-state index contributed by atoms with van der Waals surface area (Å²) in [6.07, 6.45) is 7.16. The largest absolute Gasteiger partial charge is 0.356 e. The molecule has 1 rings (SSSR count). The van der Waals surface area contributed by atoms with Gasteiger partial charge in [-0.15, -0.1) is 0 Å². The van der Waals surface area contributed by atoms with Crippen LogP contribution < -0.4 is 5.23 Å². The summed E-state index contributed by atoms with van der Waals surface area (Å²) in [7, 11) is 1.20. The third-order valence-corrected chi connectivity index (χ3v) is 2.42. The summed E-state index contributed by atoms with van der Waals surface area (Å²) in [5.74, 6) is 0.803. The topological polar surface area (TPSA) is 12.0 Å². The van der Waals surface area contributed by atoms with Crippen molar-refractivity contribution in [1.82, 2.24) is 5.23 Å². The average Bonchev–Trinajstić information content (AvgIpc) is 2.03. The first-order valence-corrected chi connectivity index (χ1v) is 5.02. The molecule has 1 aliphatic rings. The molecule has 1 N–H and O–H groups in total. The quantitative estimate of drug-likeness (QED) is 0.612. The maximum Gasteiger partial charge on any atom is 0.204 e. The predicted octanol–water partition coefficient (Wildman–Crippen LogP) is 2.09.